The van der Waals surface area contributed by atoms with Crippen molar-refractivity contribution in [1.29, 1.82) is 5.26 Å². The van der Waals surface area contributed by atoms with E-state index < -0.39 is 9.84 Å². The summed E-state index contributed by atoms with van der Waals surface area (Å²) in [6, 6.07) is 9.68. The molecule has 1 amide bonds. The summed E-state index contributed by atoms with van der Waals surface area (Å²) in [7, 11) is -2.94. The second-order valence-corrected chi connectivity index (χ2v) is 9.18. The van der Waals surface area contributed by atoms with E-state index in [1.807, 2.05) is 36.1 Å². The fourth-order valence-corrected chi connectivity index (χ4v) is 4.48. The number of thioether (sulfide) groups is 1. The van der Waals surface area contributed by atoms with Gasteiger partial charge in [0, 0.05) is 23.7 Å². The molecule has 1 heterocycles. The lowest BCUT2D eigenvalue weighted by Crippen LogP contribution is -2.43. The zero-order valence-corrected chi connectivity index (χ0v) is 15.2. The molecule has 1 N–H and O–H groups in total. The van der Waals surface area contributed by atoms with E-state index in [9.17, 15) is 13.2 Å². The summed E-state index contributed by atoms with van der Waals surface area (Å²) in [4.78, 5) is 15.0. The fraction of sp³-hybridized carbons (Fsp3) is 0.500. The molecule has 130 valence electrons. The summed E-state index contributed by atoms with van der Waals surface area (Å²) in [5.74, 6) is 0.662. The van der Waals surface area contributed by atoms with Crippen molar-refractivity contribution in [2.24, 2.45) is 5.92 Å². The van der Waals surface area contributed by atoms with Crippen LogP contribution in [0.15, 0.2) is 29.2 Å². The van der Waals surface area contributed by atoms with Crippen molar-refractivity contribution in [3.8, 4) is 6.07 Å². The molecule has 2 rings (SSSR count). The van der Waals surface area contributed by atoms with E-state index in [4.69, 9.17) is 5.26 Å². The fourth-order valence-electron chi connectivity index (χ4n) is 2.25. The van der Waals surface area contributed by atoms with Crippen LogP contribution in [0.1, 0.15) is 6.92 Å². The van der Waals surface area contributed by atoms with Crippen molar-refractivity contribution in [3.63, 3.8) is 0 Å². The van der Waals surface area contributed by atoms with Crippen LogP contribution >= 0.6 is 11.8 Å². The minimum Gasteiger partial charge on any atom is -0.324 e. The van der Waals surface area contributed by atoms with Crippen molar-refractivity contribution < 1.29 is 13.2 Å². The number of amides is 1. The first-order valence-electron chi connectivity index (χ1n) is 7.74. The first-order chi connectivity index (χ1) is 11.4. The summed E-state index contributed by atoms with van der Waals surface area (Å²) in [5, 5.41) is 11.8. The van der Waals surface area contributed by atoms with Crippen LogP contribution < -0.4 is 5.32 Å². The maximum absolute atomic E-state index is 12.2. The molecule has 0 unspecified atom stereocenters. The van der Waals surface area contributed by atoms with Gasteiger partial charge in [-0.05, 0) is 19.1 Å². The molecule has 1 fully saturated rings. The molecule has 0 bridgehead atoms. The second-order valence-electron chi connectivity index (χ2n) is 5.81. The van der Waals surface area contributed by atoms with Crippen LogP contribution in [0.25, 0.3) is 0 Å². The highest BCUT2D eigenvalue weighted by Gasteiger charge is 2.23. The minimum atomic E-state index is -2.94. The monoisotopic (exact) mass is 367 g/mol. The lowest BCUT2D eigenvalue weighted by Gasteiger charge is -2.25. The number of hydrogen-bond acceptors (Lipinski definition) is 6. The average molecular weight is 367 g/mol. The van der Waals surface area contributed by atoms with Crippen molar-refractivity contribution in [1.82, 2.24) is 4.90 Å². The van der Waals surface area contributed by atoms with Gasteiger partial charge in [-0.2, -0.15) is 5.26 Å². The third-order valence-electron chi connectivity index (χ3n) is 3.67. The molecular formula is C16H21N3O3S2. The van der Waals surface area contributed by atoms with Crippen LogP contribution in [0.3, 0.4) is 0 Å². The van der Waals surface area contributed by atoms with E-state index in [-0.39, 0.29) is 29.9 Å². The Morgan fingerprint density at radius 1 is 1.38 bits per heavy atom. The number of anilines is 1. The molecule has 0 saturated carbocycles. The molecule has 0 radical (unpaired) electrons. The predicted molar refractivity (Wildman–Crippen MR) is 95.7 cm³/mol. The number of sulfone groups is 1. The van der Waals surface area contributed by atoms with Gasteiger partial charge in [-0.1, -0.05) is 12.1 Å². The van der Waals surface area contributed by atoms with Gasteiger partial charge in [0.15, 0.2) is 9.84 Å². The van der Waals surface area contributed by atoms with Gasteiger partial charge in [0.25, 0.3) is 0 Å². The number of nitriles is 1. The number of nitrogens with one attached hydrogen (secondary N) is 1. The highest BCUT2D eigenvalue weighted by atomic mass is 32.2. The van der Waals surface area contributed by atoms with Crippen molar-refractivity contribution in [2.45, 2.75) is 11.8 Å². The molecule has 0 aliphatic carbocycles. The summed E-state index contributed by atoms with van der Waals surface area (Å²) in [6.07, 6.45) is 0. The quantitative estimate of drug-likeness (QED) is 0.768. The lowest BCUT2D eigenvalue weighted by atomic mass is 10.3. The first-order valence-corrected chi connectivity index (χ1v) is 10.5. The van der Waals surface area contributed by atoms with Crippen molar-refractivity contribution in [2.75, 3.05) is 42.2 Å². The largest absolute Gasteiger partial charge is 0.324 e. The molecule has 1 aromatic rings. The topological polar surface area (TPSA) is 90.3 Å². The first kappa shape index (κ1) is 18.8. The van der Waals surface area contributed by atoms with Gasteiger partial charge in [-0.3, -0.25) is 9.69 Å². The zero-order valence-electron chi connectivity index (χ0n) is 13.6. The number of rotatable bonds is 6. The zero-order chi connectivity index (χ0) is 17.6. The standard InChI is InChI=1S/C16H21N3O3S2/c1-13(10-17)12-23-15-5-3-2-4-14(15)18-16(20)11-19-6-8-24(21,22)9-7-19/h2-5,13H,6-9,11-12H2,1H3,(H,18,20)/t13-/m0/s1. The summed E-state index contributed by atoms with van der Waals surface area (Å²) in [6.45, 7) is 2.83. The Hall–Kier alpha value is -1.56. The number of benzene rings is 1. The molecular weight excluding hydrogens is 346 g/mol. The summed E-state index contributed by atoms with van der Waals surface area (Å²) >= 11 is 1.54. The number of nitrogens with zero attached hydrogens (tertiary/aromatic N) is 2. The average Bonchev–Trinajstić information content (AvgIpc) is 2.55. The molecule has 1 saturated heterocycles. The maximum atomic E-state index is 12.2. The van der Waals surface area contributed by atoms with E-state index in [2.05, 4.69) is 11.4 Å². The van der Waals surface area contributed by atoms with Gasteiger partial charge < -0.3 is 5.32 Å². The Balaban J connectivity index is 1.91. The normalized spacial score (nSPS) is 18.5. The van der Waals surface area contributed by atoms with Crippen LogP contribution in [0.5, 0.6) is 0 Å². The van der Waals surface area contributed by atoms with Gasteiger partial charge in [0.05, 0.1) is 35.7 Å². The lowest BCUT2D eigenvalue weighted by molar-refractivity contribution is -0.117. The Morgan fingerprint density at radius 2 is 2.04 bits per heavy atom. The number of carbonyl (C=O) groups is 1. The third-order valence-corrected chi connectivity index (χ3v) is 6.62. The molecule has 1 atom stereocenters. The molecule has 6 nitrogen and oxygen atoms in total. The maximum Gasteiger partial charge on any atom is 0.238 e. The second kappa shape index (κ2) is 8.51. The summed E-state index contributed by atoms with van der Waals surface area (Å²) in [5.41, 5.74) is 0.724. The van der Waals surface area contributed by atoms with E-state index >= 15 is 0 Å². The molecule has 8 heteroatoms. The van der Waals surface area contributed by atoms with Crippen LogP contribution in [0.4, 0.5) is 5.69 Å². The highest BCUT2D eigenvalue weighted by Crippen LogP contribution is 2.28. The van der Waals surface area contributed by atoms with Gasteiger partial charge in [0.2, 0.25) is 5.91 Å². The Labute approximate surface area is 147 Å². The SMILES string of the molecule is C[C@@H](C#N)CSc1ccccc1NC(=O)CN1CCS(=O)(=O)CC1. The van der Waals surface area contributed by atoms with E-state index in [1.165, 1.54) is 11.8 Å². The molecule has 1 aromatic carbocycles. The van der Waals surface area contributed by atoms with Crippen molar-refractivity contribution >= 4 is 33.2 Å². The number of para-hydroxylation sites is 1. The van der Waals surface area contributed by atoms with Crippen LogP contribution in [0, 0.1) is 17.2 Å². The van der Waals surface area contributed by atoms with E-state index in [0.29, 0.717) is 18.8 Å². The van der Waals surface area contributed by atoms with Crippen LogP contribution in [-0.4, -0.2) is 56.1 Å². The molecule has 1 aliphatic heterocycles. The molecule has 24 heavy (non-hydrogen) atoms. The molecule has 0 aromatic heterocycles. The number of hydrogen-bond donors (Lipinski definition) is 1. The van der Waals surface area contributed by atoms with Crippen LogP contribution in [-0.2, 0) is 14.6 Å². The Kier molecular flexibility index (Phi) is 6.66. The molecule has 0 spiro atoms. The van der Waals surface area contributed by atoms with E-state index in [0.717, 1.165) is 10.6 Å². The van der Waals surface area contributed by atoms with Crippen LogP contribution in [0.2, 0.25) is 0 Å². The minimum absolute atomic E-state index is 0.0611. The number of carbonyl (C=O) groups excluding carboxylic acids is 1. The van der Waals surface area contributed by atoms with Gasteiger partial charge in [0.1, 0.15) is 0 Å². The van der Waals surface area contributed by atoms with E-state index in [1.54, 1.807) is 0 Å². The smallest absolute Gasteiger partial charge is 0.238 e. The Morgan fingerprint density at radius 3 is 2.71 bits per heavy atom. The third kappa shape index (κ3) is 5.82. The molecule has 1 aliphatic rings. The highest BCUT2D eigenvalue weighted by molar-refractivity contribution is 7.99. The predicted octanol–water partition coefficient (Wildman–Crippen LogP) is 1.61. The van der Waals surface area contributed by atoms with Crippen molar-refractivity contribution in [3.05, 3.63) is 24.3 Å². The van der Waals surface area contributed by atoms with Gasteiger partial charge in [-0.15, -0.1) is 11.8 Å². The summed E-state index contributed by atoms with van der Waals surface area (Å²) < 4.78 is 22.8. The van der Waals surface area contributed by atoms with Gasteiger partial charge >= 0.3 is 0 Å². The Bertz CT molecular complexity index is 714. The van der Waals surface area contributed by atoms with Gasteiger partial charge in [-0.25, -0.2) is 8.42 Å².